The number of hydrogen-bond acceptors (Lipinski definition) is 7. The molecule has 0 aliphatic heterocycles. The monoisotopic (exact) mass is 423 g/mol. The third-order valence-electron chi connectivity index (χ3n) is 4.25. The Morgan fingerprint density at radius 1 is 1.10 bits per heavy atom. The Hall–Kier alpha value is -3.37. The largest absolute Gasteiger partial charge is 0.573 e. The van der Waals surface area contributed by atoms with E-state index in [1.54, 1.807) is 10.7 Å². The summed E-state index contributed by atoms with van der Waals surface area (Å²) >= 11 is 0. The van der Waals surface area contributed by atoms with Gasteiger partial charge in [-0.15, -0.1) is 18.3 Å². The van der Waals surface area contributed by atoms with E-state index >= 15 is 0 Å². The van der Waals surface area contributed by atoms with E-state index in [1.807, 2.05) is 13.8 Å². The van der Waals surface area contributed by atoms with Crippen LogP contribution in [0.5, 0.6) is 17.4 Å². The van der Waals surface area contributed by atoms with Gasteiger partial charge in [-0.25, -0.2) is 4.98 Å². The fourth-order valence-electron chi connectivity index (χ4n) is 2.99. The summed E-state index contributed by atoms with van der Waals surface area (Å²) in [5.74, 6) is 0.715. The molecule has 0 N–H and O–H groups in total. The number of pyridine rings is 1. The third kappa shape index (κ3) is 4.44. The molecule has 3 aromatic rings. The lowest BCUT2D eigenvalue weighted by atomic mass is 10.0. The van der Waals surface area contributed by atoms with Crippen LogP contribution in [0.3, 0.4) is 0 Å². The highest BCUT2D eigenvalue weighted by Crippen LogP contribution is 2.37. The first kappa shape index (κ1) is 21.3. The zero-order valence-electron chi connectivity index (χ0n) is 16.8. The molecule has 0 atom stereocenters. The molecule has 160 valence electrons. The predicted molar refractivity (Wildman–Crippen MR) is 101 cm³/mol. The van der Waals surface area contributed by atoms with E-state index in [-0.39, 0.29) is 17.4 Å². The number of ether oxygens (including phenoxy) is 3. The Morgan fingerprint density at radius 2 is 1.87 bits per heavy atom. The normalized spacial score (nSPS) is 11.4. The van der Waals surface area contributed by atoms with Gasteiger partial charge < -0.3 is 14.2 Å². The summed E-state index contributed by atoms with van der Waals surface area (Å²) < 4.78 is 53.8. The SMILES string of the molecule is CCCc1nnnn1-c1cc(C)c(-c2ccc(OC(F)(F)F)cc2OC)nc1OC. The highest BCUT2D eigenvalue weighted by molar-refractivity contribution is 5.73. The number of alkyl halides is 3. The first-order valence-electron chi connectivity index (χ1n) is 9.04. The molecule has 3 rings (SSSR count). The van der Waals surface area contributed by atoms with Gasteiger partial charge in [-0.3, -0.25) is 0 Å². The van der Waals surface area contributed by atoms with Crippen molar-refractivity contribution in [3.8, 4) is 34.3 Å². The average Bonchev–Trinajstić information content (AvgIpc) is 3.15. The summed E-state index contributed by atoms with van der Waals surface area (Å²) in [6, 6.07) is 5.61. The van der Waals surface area contributed by atoms with E-state index in [1.165, 1.54) is 26.4 Å². The second kappa shape index (κ2) is 8.56. The minimum atomic E-state index is -4.80. The van der Waals surface area contributed by atoms with Gasteiger partial charge in [0.05, 0.1) is 19.9 Å². The van der Waals surface area contributed by atoms with E-state index in [0.717, 1.165) is 18.1 Å². The zero-order chi connectivity index (χ0) is 21.9. The van der Waals surface area contributed by atoms with Crippen LogP contribution in [0, 0.1) is 6.92 Å². The van der Waals surface area contributed by atoms with Gasteiger partial charge in [0.15, 0.2) is 5.82 Å². The van der Waals surface area contributed by atoms with Crippen LogP contribution in [0.15, 0.2) is 24.3 Å². The van der Waals surface area contributed by atoms with Crippen molar-refractivity contribution in [1.29, 1.82) is 0 Å². The molecule has 0 aliphatic rings. The molecule has 0 saturated carbocycles. The molecule has 11 heteroatoms. The van der Waals surface area contributed by atoms with Gasteiger partial charge >= 0.3 is 6.36 Å². The van der Waals surface area contributed by atoms with Gasteiger partial charge in [0.25, 0.3) is 0 Å². The zero-order valence-corrected chi connectivity index (χ0v) is 16.8. The summed E-state index contributed by atoms with van der Waals surface area (Å²) in [6.45, 7) is 3.83. The van der Waals surface area contributed by atoms with Crippen molar-refractivity contribution in [1.82, 2.24) is 25.2 Å². The highest BCUT2D eigenvalue weighted by atomic mass is 19.4. The first-order valence-corrected chi connectivity index (χ1v) is 9.04. The van der Waals surface area contributed by atoms with Crippen LogP contribution in [0.2, 0.25) is 0 Å². The predicted octanol–water partition coefficient (Wildman–Crippen LogP) is 3.90. The molecular weight excluding hydrogens is 403 g/mol. The number of halogens is 3. The molecule has 8 nitrogen and oxygen atoms in total. The molecule has 2 heterocycles. The molecular formula is C19H20F3N5O3. The summed E-state index contributed by atoms with van der Waals surface area (Å²) in [5, 5.41) is 11.8. The Kier molecular flexibility index (Phi) is 6.09. The summed E-state index contributed by atoms with van der Waals surface area (Å²) in [7, 11) is 2.82. The second-order valence-corrected chi connectivity index (χ2v) is 6.35. The molecule has 0 aliphatic carbocycles. The number of methoxy groups -OCH3 is 2. The maximum atomic E-state index is 12.5. The molecule has 0 unspecified atom stereocenters. The highest BCUT2D eigenvalue weighted by Gasteiger charge is 2.31. The number of hydrogen-bond donors (Lipinski definition) is 0. The van der Waals surface area contributed by atoms with Crippen molar-refractivity contribution in [2.75, 3.05) is 14.2 Å². The van der Waals surface area contributed by atoms with Crippen molar-refractivity contribution in [2.24, 2.45) is 0 Å². The molecule has 0 spiro atoms. The van der Waals surface area contributed by atoms with Gasteiger partial charge in [0, 0.05) is 18.1 Å². The Morgan fingerprint density at radius 3 is 2.50 bits per heavy atom. The second-order valence-electron chi connectivity index (χ2n) is 6.35. The van der Waals surface area contributed by atoms with E-state index < -0.39 is 6.36 Å². The Labute approximate surface area is 170 Å². The standard InChI is InChI=1S/C19H20F3N5O3/c1-5-6-16-24-25-26-27(16)14-9-11(2)17(23-18(14)29-4)13-8-7-12(10-15(13)28-3)30-19(20,21)22/h7-10H,5-6H2,1-4H3. The number of tetrazole rings is 1. The Bertz CT molecular complexity index is 1040. The number of aryl methyl sites for hydroxylation is 2. The van der Waals surface area contributed by atoms with E-state index in [0.29, 0.717) is 29.2 Å². The van der Waals surface area contributed by atoms with Crippen LogP contribution in [0.4, 0.5) is 13.2 Å². The van der Waals surface area contributed by atoms with Gasteiger partial charge in [-0.05, 0) is 47.5 Å². The minimum Gasteiger partial charge on any atom is -0.496 e. The smallest absolute Gasteiger partial charge is 0.496 e. The number of aromatic nitrogens is 5. The van der Waals surface area contributed by atoms with Gasteiger partial charge in [0.1, 0.15) is 17.2 Å². The number of rotatable bonds is 7. The van der Waals surface area contributed by atoms with Gasteiger partial charge in [0.2, 0.25) is 5.88 Å². The van der Waals surface area contributed by atoms with E-state index in [2.05, 4.69) is 25.2 Å². The maximum absolute atomic E-state index is 12.5. The fourth-order valence-corrected chi connectivity index (χ4v) is 2.99. The quantitative estimate of drug-likeness (QED) is 0.570. The van der Waals surface area contributed by atoms with Crippen molar-refractivity contribution in [3.05, 3.63) is 35.7 Å². The van der Waals surface area contributed by atoms with Crippen molar-refractivity contribution < 1.29 is 27.4 Å². The number of nitrogens with zero attached hydrogens (tertiary/aromatic N) is 5. The molecule has 0 saturated heterocycles. The van der Waals surface area contributed by atoms with Crippen molar-refractivity contribution >= 4 is 0 Å². The lowest BCUT2D eigenvalue weighted by Gasteiger charge is -2.16. The average molecular weight is 423 g/mol. The lowest BCUT2D eigenvalue weighted by molar-refractivity contribution is -0.274. The van der Waals surface area contributed by atoms with Crippen LogP contribution in [0.1, 0.15) is 24.7 Å². The minimum absolute atomic E-state index is 0.177. The molecule has 0 radical (unpaired) electrons. The fraction of sp³-hybridized carbons (Fsp3) is 0.368. The summed E-state index contributed by atoms with van der Waals surface area (Å²) in [6.07, 6.45) is -3.27. The Balaban J connectivity index is 2.08. The van der Waals surface area contributed by atoms with Crippen LogP contribution in [0.25, 0.3) is 16.9 Å². The summed E-state index contributed by atoms with van der Waals surface area (Å²) in [5.41, 5.74) is 2.26. The summed E-state index contributed by atoms with van der Waals surface area (Å²) in [4.78, 5) is 4.55. The first-order chi connectivity index (χ1) is 14.3. The van der Waals surface area contributed by atoms with Crippen molar-refractivity contribution in [2.45, 2.75) is 33.1 Å². The van der Waals surface area contributed by atoms with Gasteiger partial charge in [-0.2, -0.15) is 4.68 Å². The maximum Gasteiger partial charge on any atom is 0.573 e. The van der Waals surface area contributed by atoms with E-state index in [9.17, 15) is 13.2 Å². The van der Waals surface area contributed by atoms with Crippen LogP contribution in [-0.2, 0) is 6.42 Å². The molecule has 0 bridgehead atoms. The van der Waals surface area contributed by atoms with Crippen LogP contribution in [-0.4, -0.2) is 45.8 Å². The molecule has 1 aromatic carbocycles. The molecule has 2 aromatic heterocycles. The topological polar surface area (TPSA) is 84.2 Å². The van der Waals surface area contributed by atoms with Crippen molar-refractivity contribution in [3.63, 3.8) is 0 Å². The molecule has 30 heavy (non-hydrogen) atoms. The number of benzene rings is 1. The van der Waals surface area contributed by atoms with Gasteiger partial charge in [-0.1, -0.05) is 6.92 Å². The van der Waals surface area contributed by atoms with Crippen LogP contribution < -0.4 is 14.2 Å². The van der Waals surface area contributed by atoms with Crippen LogP contribution >= 0.6 is 0 Å². The van der Waals surface area contributed by atoms with E-state index in [4.69, 9.17) is 9.47 Å². The molecule has 0 amide bonds. The molecule has 0 fully saturated rings. The lowest BCUT2D eigenvalue weighted by Crippen LogP contribution is -2.17. The third-order valence-corrected chi connectivity index (χ3v) is 4.25.